The van der Waals surface area contributed by atoms with Crippen LogP contribution in [0.15, 0.2) is 0 Å². The minimum absolute atomic E-state index is 0. The predicted octanol–water partition coefficient (Wildman–Crippen LogP) is 2.53. The molecule has 0 saturated carbocycles. The molecule has 0 fully saturated rings. The molecular formula is C8H22FeO. The summed E-state index contributed by atoms with van der Waals surface area (Å²) in [5.41, 5.74) is 0. The molecular weight excluding hydrogens is 168 g/mol. The molecule has 0 aromatic carbocycles. The van der Waals surface area contributed by atoms with E-state index in [1.165, 1.54) is 0 Å². The van der Waals surface area contributed by atoms with Gasteiger partial charge in [-0.15, -0.1) is 0 Å². The molecule has 0 aliphatic heterocycles. The molecule has 0 bridgehead atoms. The van der Waals surface area contributed by atoms with Crippen LogP contribution in [0.4, 0.5) is 0 Å². The van der Waals surface area contributed by atoms with Crippen molar-refractivity contribution in [1.29, 1.82) is 0 Å². The molecule has 0 unspecified atom stereocenters. The summed E-state index contributed by atoms with van der Waals surface area (Å²) in [4.78, 5) is 0. The fraction of sp³-hybridized carbons (Fsp3) is 0.500. The largest absolute Gasteiger partial charge is 4.00 e. The third-order valence-electron chi connectivity index (χ3n) is 0. The maximum absolute atomic E-state index is 3.25. The van der Waals surface area contributed by atoms with E-state index >= 15 is 0 Å². The second-order valence-electron chi connectivity index (χ2n) is 0. The van der Waals surface area contributed by atoms with Gasteiger partial charge < -0.3 is 33.2 Å². The Morgan fingerprint density at radius 3 is 0.500 bits per heavy atom. The SMILES string of the molecule is O.[CH2-]C.[CH2-]C.[CH2-]C.[CH2-]C.[Fe+4]. The first-order valence-corrected chi connectivity index (χ1v) is 2.83. The van der Waals surface area contributed by atoms with Crippen LogP contribution in [0.3, 0.4) is 0 Å². The molecule has 2 heteroatoms. The molecule has 0 heterocycles. The van der Waals surface area contributed by atoms with E-state index in [4.69, 9.17) is 0 Å². The van der Waals surface area contributed by atoms with Crippen molar-refractivity contribution in [1.82, 2.24) is 0 Å². The van der Waals surface area contributed by atoms with Gasteiger partial charge in [-0.2, -0.15) is 27.7 Å². The van der Waals surface area contributed by atoms with Crippen LogP contribution in [0, 0.1) is 27.7 Å². The van der Waals surface area contributed by atoms with E-state index in [0.29, 0.717) is 0 Å². The van der Waals surface area contributed by atoms with E-state index in [1.54, 1.807) is 27.7 Å². The molecule has 0 aromatic rings. The van der Waals surface area contributed by atoms with E-state index in [9.17, 15) is 0 Å². The number of hydrogen-bond acceptors (Lipinski definition) is 0. The maximum Gasteiger partial charge on any atom is 4.00 e. The zero-order valence-electron chi connectivity index (χ0n) is 7.68. The van der Waals surface area contributed by atoms with Crippen LogP contribution in [0.1, 0.15) is 27.7 Å². The fourth-order valence-electron chi connectivity index (χ4n) is 0. The van der Waals surface area contributed by atoms with Gasteiger partial charge in [-0.25, -0.2) is 0 Å². The van der Waals surface area contributed by atoms with Crippen LogP contribution < -0.4 is 0 Å². The minimum Gasteiger partial charge on any atom is -0.412 e. The van der Waals surface area contributed by atoms with Gasteiger partial charge in [0.1, 0.15) is 0 Å². The van der Waals surface area contributed by atoms with Crippen LogP contribution >= 0.6 is 0 Å². The average Bonchev–Trinajstić information content (AvgIpc) is 2.03. The monoisotopic (exact) mass is 190 g/mol. The van der Waals surface area contributed by atoms with E-state index < -0.39 is 0 Å². The van der Waals surface area contributed by atoms with E-state index in [1.807, 2.05) is 0 Å². The second-order valence-corrected chi connectivity index (χ2v) is 0. The summed E-state index contributed by atoms with van der Waals surface area (Å²) in [6, 6.07) is 0. The first kappa shape index (κ1) is 46.9. The zero-order chi connectivity index (χ0) is 8.00. The van der Waals surface area contributed by atoms with Gasteiger partial charge in [-0.1, -0.05) is 0 Å². The molecule has 0 amide bonds. The van der Waals surface area contributed by atoms with Crippen LogP contribution in [0.2, 0.25) is 0 Å². The summed E-state index contributed by atoms with van der Waals surface area (Å²) >= 11 is 0. The first-order valence-electron chi connectivity index (χ1n) is 2.83. The van der Waals surface area contributed by atoms with Gasteiger partial charge in [0.25, 0.3) is 0 Å². The number of rotatable bonds is 0. The molecule has 10 heavy (non-hydrogen) atoms. The molecule has 1 nitrogen and oxygen atoms in total. The van der Waals surface area contributed by atoms with Crippen molar-refractivity contribution in [3.05, 3.63) is 27.7 Å². The Morgan fingerprint density at radius 2 is 0.500 bits per heavy atom. The maximum atomic E-state index is 3.25. The van der Waals surface area contributed by atoms with Crippen molar-refractivity contribution in [2.75, 3.05) is 0 Å². The average molecular weight is 190 g/mol. The van der Waals surface area contributed by atoms with E-state index in [0.717, 1.165) is 0 Å². The van der Waals surface area contributed by atoms with Gasteiger partial charge in [-0.3, -0.25) is 0 Å². The van der Waals surface area contributed by atoms with Crippen LogP contribution in [-0.2, 0) is 17.1 Å². The van der Waals surface area contributed by atoms with Crippen LogP contribution in [-0.4, -0.2) is 5.48 Å². The normalized spacial score (nSPS) is 2.40. The van der Waals surface area contributed by atoms with E-state index in [2.05, 4.69) is 27.7 Å². The van der Waals surface area contributed by atoms with Gasteiger partial charge in [-0.05, 0) is 0 Å². The third-order valence-corrected chi connectivity index (χ3v) is 0. The summed E-state index contributed by atoms with van der Waals surface area (Å²) in [7, 11) is 0. The van der Waals surface area contributed by atoms with Crippen molar-refractivity contribution in [2.24, 2.45) is 0 Å². The molecule has 0 atom stereocenters. The van der Waals surface area contributed by atoms with E-state index in [-0.39, 0.29) is 22.5 Å². The smallest absolute Gasteiger partial charge is 0.412 e. The zero-order valence-corrected chi connectivity index (χ0v) is 8.79. The Bertz CT molecular complexity index is 9.22. The topological polar surface area (TPSA) is 31.5 Å². The summed E-state index contributed by atoms with van der Waals surface area (Å²) in [5.74, 6) is 0. The summed E-state index contributed by atoms with van der Waals surface area (Å²) in [6.45, 7) is 20.0. The van der Waals surface area contributed by atoms with Gasteiger partial charge in [0, 0.05) is 0 Å². The van der Waals surface area contributed by atoms with Crippen LogP contribution in [0.25, 0.3) is 0 Å². The molecule has 68 valence electrons. The molecule has 2 N–H and O–H groups in total. The Labute approximate surface area is 78.4 Å². The third kappa shape index (κ3) is 2060. The van der Waals surface area contributed by atoms with Crippen molar-refractivity contribution < 1.29 is 22.5 Å². The van der Waals surface area contributed by atoms with Crippen molar-refractivity contribution in [3.8, 4) is 0 Å². The first-order chi connectivity index (χ1) is 4.00. The van der Waals surface area contributed by atoms with Crippen molar-refractivity contribution >= 4 is 0 Å². The predicted molar refractivity (Wildman–Crippen MR) is 47.7 cm³/mol. The van der Waals surface area contributed by atoms with Crippen molar-refractivity contribution in [2.45, 2.75) is 27.7 Å². The minimum atomic E-state index is 0. The molecule has 0 aliphatic carbocycles. The molecule has 0 aliphatic rings. The summed E-state index contributed by atoms with van der Waals surface area (Å²) in [6.07, 6.45) is 0. The van der Waals surface area contributed by atoms with Gasteiger partial charge in [0.2, 0.25) is 0 Å². The molecule has 0 aromatic heterocycles. The summed E-state index contributed by atoms with van der Waals surface area (Å²) < 4.78 is 0. The standard InChI is InChI=1S/4C2H5.Fe.H2O/c4*1-2;;/h4*1H2,2H3;;1H2/q4*-1;+4;. The molecule has 0 spiro atoms. The Kier molecular flexibility index (Phi) is 13900. The van der Waals surface area contributed by atoms with Gasteiger partial charge in [0.05, 0.1) is 0 Å². The molecule has 0 saturated heterocycles. The summed E-state index contributed by atoms with van der Waals surface area (Å²) in [5, 5.41) is 0. The van der Waals surface area contributed by atoms with Crippen molar-refractivity contribution in [3.63, 3.8) is 0 Å². The van der Waals surface area contributed by atoms with Gasteiger partial charge in [0.15, 0.2) is 0 Å². The second kappa shape index (κ2) is 2960. The molecule has 0 rings (SSSR count). The quantitative estimate of drug-likeness (QED) is 0.415. The Morgan fingerprint density at radius 1 is 0.500 bits per heavy atom. The van der Waals surface area contributed by atoms with Gasteiger partial charge >= 0.3 is 17.1 Å². The van der Waals surface area contributed by atoms with Crippen LogP contribution in [0.5, 0.6) is 0 Å². The Balaban J connectivity index is -0.00000000500. The Hall–Kier alpha value is 0.479. The fourth-order valence-corrected chi connectivity index (χ4v) is 0. The number of hydrogen-bond donors (Lipinski definition) is 0. The molecule has 0 radical (unpaired) electrons.